The third-order valence-corrected chi connectivity index (χ3v) is 7.22. The fourth-order valence-electron chi connectivity index (χ4n) is 4.33. The molecule has 0 unspecified atom stereocenters. The van der Waals surface area contributed by atoms with Gasteiger partial charge in [0, 0.05) is 24.1 Å². The van der Waals surface area contributed by atoms with Gasteiger partial charge in [-0.25, -0.2) is 0 Å². The van der Waals surface area contributed by atoms with E-state index in [2.05, 4.69) is 34.5 Å². The summed E-state index contributed by atoms with van der Waals surface area (Å²) in [6.45, 7) is 2.58. The molecule has 1 saturated carbocycles. The standard InChI is InChI=1S/C28H35N3O5S/c1-3-18-5-7-19(8-6-18)11-12-25(32)30-23(15-20-9-10-20)28(35)31-22(16-21-13-14-29-27(21)34)24(37)17-26(33)36-4-2/h1,5-8,11-12,20-24,37H,4,9-10,13-17H2,2H3,(H,29,34)(H,30,32)(H,31,35)/p+1/b12-11+/t21-,22-,23-,24-/m0/s1. The molecule has 1 heterocycles. The fourth-order valence-corrected chi connectivity index (χ4v) is 4.71. The molecule has 0 radical (unpaired) electrons. The van der Waals surface area contributed by atoms with Crippen LogP contribution in [0.1, 0.15) is 56.6 Å². The maximum Gasteiger partial charge on any atom is 0.310 e. The van der Waals surface area contributed by atoms with Gasteiger partial charge in [0.25, 0.3) is 0 Å². The smallest absolute Gasteiger partial charge is 0.310 e. The van der Waals surface area contributed by atoms with E-state index < -0.39 is 17.3 Å². The number of ether oxygens (including phenoxy) is 1. The molecule has 0 aromatic heterocycles. The number of hydrogen-bond donors (Lipinski definition) is 3. The van der Waals surface area contributed by atoms with Gasteiger partial charge in [0.15, 0.2) is 0 Å². The molecule has 0 bridgehead atoms. The van der Waals surface area contributed by atoms with Crippen LogP contribution in [0.4, 0.5) is 0 Å². The predicted molar refractivity (Wildman–Crippen MR) is 146 cm³/mol. The minimum atomic E-state index is -0.727. The summed E-state index contributed by atoms with van der Waals surface area (Å²) in [6, 6.07) is 5.99. The molecule has 4 atom stereocenters. The number of nitrogens with one attached hydrogen (secondary N) is 3. The monoisotopic (exact) mass is 526 g/mol. The molecule has 1 aliphatic carbocycles. The van der Waals surface area contributed by atoms with E-state index in [4.69, 9.17) is 11.2 Å². The normalized spacial score (nSPS) is 19.4. The van der Waals surface area contributed by atoms with Crippen LogP contribution in [0, 0.1) is 24.2 Å². The Kier molecular flexibility index (Phi) is 10.6. The van der Waals surface area contributed by atoms with Crippen molar-refractivity contribution in [1.29, 1.82) is 0 Å². The number of benzene rings is 1. The van der Waals surface area contributed by atoms with Gasteiger partial charge in [-0.2, -0.15) is 0 Å². The molecule has 1 saturated heterocycles. The summed E-state index contributed by atoms with van der Waals surface area (Å²) in [5.41, 5.74) is 1.56. The molecule has 3 N–H and O–H groups in total. The zero-order valence-electron chi connectivity index (χ0n) is 21.1. The second-order valence-electron chi connectivity index (χ2n) is 9.58. The van der Waals surface area contributed by atoms with Crippen LogP contribution >= 0.6 is 0 Å². The highest BCUT2D eigenvalue weighted by Gasteiger charge is 2.37. The largest absolute Gasteiger partial charge is 0.466 e. The maximum atomic E-state index is 13.4. The molecule has 8 nitrogen and oxygen atoms in total. The van der Waals surface area contributed by atoms with Gasteiger partial charge in [0.1, 0.15) is 11.3 Å². The van der Waals surface area contributed by atoms with Crippen molar-refractivity contribution in [3.63, 3.8) is 0 Å². The fraction of sp³-hybridized carbons (Fsp3) is 0.500. The van der Waals surface area contributed by atoms with E-state index in [0.29, 0.717) is 31.7 Å². The van der Waals surface area contributed by atoms with Crippen LogP contribution in [-0.2, 0) is 36.5 Å². The average Bonchev–Trinajstić information content (AvgIpc) is 3.61. The van der Waals surface area contributed by atoms with E-state index in [-0.39, 0.29) is 42.6 Å². The van der Waals surface area contributed by atoms with Crippen LogP contribution in [0.5, 0.6) is 0 Å². The zero-order chi connectivity index (χ0) is 26.8. The highest BCUT2D eigenvalue weighted by molar-refractivity contribution is 7.59. The lowest BCUT2D eigenvalue weighted by molar-refractivity contribution is -0.143. The lowest BCUT2D eigenvalue weighted by atomic mass is 9.94. The van der Waals surface area contributed by atoms with Crippen molar-refractivity contribution in [3.05, 3.63) is 41.5 Å². The summed E-state index contributed by atoms with van der Waals surface area (Å²) in [5, 5.41) is 8.22. The van der Waals surface area contributed by atoms with E-state index in [9.17, 15) is 19.2 Å². The van der Waals surface area contributed by atoms with E-state index in [1.165, 1.54) is 6.08 Å². The van der Waals surface area contributed by atoms with Crippen molar-refractivity contribution in [3.8, 4) is 12.3 Å². The van der Waals surface area contributed by atoms with Crippen molar-refractivity contribution in [1.82, 2.24) is 16.0 Å². The van der Waals surface area contributed by atoms with Crippen molar-refractivity contribution >= 4 is 42.4 Å². The summed E-state index contributed by atoms with van der Waals surface area (Å²) in [4.78, 5) is 50.3. The molecule has 2 fully saturated rings. The summed E-state index contributed by atoms with van der Waals surface area (Å²) < 4.78 is 5.06. The third kappa shape index (κ3) is 9.29. The molecule has 198 valence electrons. The number of carbonyl (C=O) groups is 4. The summed E-state index contributed by atoms with van der Waals surface area (Å²) in [7, 11) is 0. The van der Waals surface area contributed by atoms with Crippen molar-refractivity contribution in [2.24, 2.45) is 11.8 Å². The Morgan fingerprint density at radius 1 is 1.19 bits per heavy atom. The molecule has 9 heteroatoms. The number of amides is 3. The van der Waals surface area contributed by atoms with Crippen LogP contribution in [0.3, 0.4) is 0 Å². The number of rotatable bonds is 13. The van der Waals surface area contributed by atoms with Gasteiger partial charge >= 0.3 is 5.97 Å². The minimum absolute atomic E-state index is 0.0465. The van der Waals surface area contributed by atoms with E-state index in [0.717, 1.165) is 24.0 Å². The highest BCUT2D eigenvalue weighted by atomic mass is 32.1. The number of carbonyl (C=O) groups excluding carboxylic acids is 4. The Morgan fingerprint density at radius 2 is 1.92 bits per heavy atom. The molecule has 0 spiro atoms. The summed E-state index contributed by atoms with van der Waals surface area (Å²) in [5.74, 6) is 1.52. The van der Waals surface area contributed by atoms with Crippen LogP contribution in [0.25, 0.3) is 6.08 Å². The molecule has 37 heavy (non-hydrogen) atoms. The topological polar surface area (TPSA) is 114 Å². The first-order valence-electron chi connectivity index (χ1n) is 12.8. The van der Waals surface area contributed by atoms with E-state index in [1.54, 1.807) is 25.1 Å². The summed E-state index contributed by atoms with van der Waals surface area (Å²) >= 11 is 3.60. The van der Waals surface area contributed by atoms with Crippen molar-refractivity contribution in [2.75, 3.05) is 13.2 Å². The van der Waals surface area contributed by atoms with Gasteiger partial charge in [0.05, 0.1) is 19.1 Å². The molecule has 1 aliphatic heterocycles. The predicted octanol–water partition coefficient (Wildman–Crippen LogP) is 1.31. The van der Waals surface area contributed by atoms with Crippen LogP contribution in [0.2, 0.25) is 0 Å². The molecule has 3 rings (SSSR count). The van der Waals surface area contributed by atoms with Gasteiger partial charge < -0.3 is 20.7 Å². The number of hydrogen-bond acceptors (Lipinski definition) is 5. The molecule has 1 aromatic rings. The van der Waals surface area contributed by atoms with Gasteiger partial charge in [0.2, 0.25) is 17.7 Å². The summed E-state index contributed by atoms with van der Waals surface area (Å²) in [6.07, 6.45) is 12.1. The first-order valence-corrected chi connectivity index (χ1v) is 13.4. The SMILES string of the molecule is C#Cc1ccc(/C=C/C(=O)N[C@@H](CC2CC2)C(=O)N[C@@H](C[C@@H]2CCNC2=O)[C@@H]([SH2+])CC(=O)OCC)cc1. The first kappa shape index (κ1) is 28.3. The number of esters is 1. The Bertz CT molecular complexity index is 1040. The van der Waals surface area contributed by atoms with Gasteiger partial charge in [-0.05, 0) is 68.5 Å². The second-order valence-corrected chi connectivity index (χ2v) is 10.3. The quantitative estimate of drug-likeness (QED) is 0.155. The lowest BCUT2D eigenvalue weighted by Gasteiger charge is -2.26. The minimum Gasteiger partial charge on any atom is -0.466 e. The van der Waals surface area contributed by atoms with Crippen molar-refractivity contribution in [2.45, 2.75) is 62.8 Å². The molecule has 3 amide bonds. The molecular weight excluding hydrogens is 490 g/mol. The Balaban J connectivity index is 1.66. The Labute approximate surface area is 223 Å². The van der Waals surface area contributed by atoms with Crippen LogP contribution in [-0.4, -0.2) is 54.2 Å². The van der Waals surface area contributed by atoms with Crippen LogP contribution < -0.4 is 16.0 Å². The lowest BCUT2D eigenvalue weighted by Crippen LogP contribution is -2.53. The third-order valence-electron chi connectivity index (χ3n) is 6.61. The van der Waals surface area contributed by atoms with Crippen molar-refractivity contribution < 1.29 is 23.9 Å². The van der Waals surface area contributed by atoms with Crippen LogP contribution in [0.15, 0.2) is 30.3 Å². The Morgan fingerprint density at radius 3 is 2.51 bits per heavy atom. The van der Waals surface area contributed by atoms with Gasteiger partial charge in [-0.1, -0.05) is 30.9 Å². The molecule has 2 aliphatic rings. The van der Waals surface area contributed by atoms with E-state index in [1.807, 2.05) is 12.1 Å². The Hall–Kier alpha value is -3.25. The average molecular weight is 527 g/mol. The van der Waals surface area contributed by atoms with E-state index >= 15 is 0 Å². The maximum absolute atomic E-state index is 13.4. The van der Waals surface area contributed by atoms with Gasteiger partial charge in [-0.15, -0.1) is 6.42 Å². The highest BCUT2D eigenvalue weighted by Crippen LogP contribution is 2.33. The second kappa shape index (κ2) is 13.9. The molecular formula is C28H36N3O5S+. The molecule has 1 aromatic carbocycles. The van der Waals surface area contributed by atoms with Gasteiger partial charge in [-0.3, -0.25) is 19.2 Å². The first-order chi connectivity index (χ1) is 17.8. The zero-order valence-corrected chi connectivity index (χ0v) is 22.1. The number of terminal acetylenes is 1.